The molecule has 0 unspecified atom stereocenters. The fourth-order valence-electron chi connectivity index (χ4n) is 2.30. The predicted molar refractivity (Wildman–Crippen MR) is 100 cm³/mol. The number of benzene rings is 2. The number of anilines is 1. The van der Waals surface area contributed by atoms with Gasteiger partial charge in [0.15, 0.2) is 0 Å². The van der Waals surface area contributed by atoms with Crippen molar-refractivity contribution in [3.63, 3.8) is 0 Å². The predicted octanol–water partition coefficient (Wildman–Crippen LogP) is 3.49. The van der Waals surface area contributed by atoms with Crippen molar-refractivity contribution in [3.8, 4) is 0 Å². The lowest BCUT2D eigenvalue weighted by atomic mass is 10.2. The number of hydrogen-bond donors (Lipinski definition) is 2. The normalized spacial score (nSPS) is 11.4. The summed E-state index contributed by atoms with van der Waals surface area (Å²) in [4.78, 5) is 12.3. The summed E-state index contributed by atoms with van der Waals surface area (Å²) in [5, 5.41) is 2.83. The largest absolute Gasteiger partial charge is 0.352 e. The van der Waals surface area contributed by atoms with Crippen LogP contribution in [0.4, 0.5) is 5.69 Å². The second-order valence-electron chi connectivity index (χ2n) is 6.56. The Balaban J connectivity index is 2.15. The van der Waals surface area contributed by atoms with Crippen LogP contribution in [0.15, 0.2) is 47.4 Å². The Kier molecular flexibility index (Phi) is 5.85. The van der Waals surface area contributed by atoms with Gasteiger partial charge in [-0.3, -0.25) is 9.52 Å². The molecule has 25 heavy (non-hydrogen) atoms. The number of nitrogens with one attached hydrogen (secondary N) is 2. The van der Waals surface area contributed by atoms with E-state index in [1.165, 1.54) is 0 Å². The monoisotopic (exact) mass is 360 g/mol. The number of rotatable bonds is 6. The molecule has 134 valence electrons. The van der Waals surface area contributed by atoms with Gasteiger partial charge in [0.05, 0.1) is 4.90 Å². The number of aryl methyl sites for hydroxylation is 2. The van der Waals surface area contributed by atoms with Crippen LogP contribution < -0.4 is 10.0 Å². The lowest BCUT2D eigenvalue weighted by Crippen LogP contribution is -2.27. The second-order valence-corrected chi connectivity index (χ2v) is 8.21. The summed E-state index contributed by atoms with van der Waals surface area (Å²) in [5.41, 5.74) is 2.47. The van der Waals surface area contributed by atoms with Gasteiger partial charge in [-0.1, -0.05) is 26.0 Å². The summed E-state index contributed by atoms with van der Waals surface area (Å²) in [6.07, 6.45) is 0. The van der Waals surface area contributed by atoms with Gasteiger partial charge in [0.2, 0.25) is 0 Å². The molecule has 2 aromatic rings. The Morgan fingerprint density at radius 2 is 1.68 bits per heavy atom. The first-order chi connectivity index (χ1) is 11.7. The fraction of sp³-hybridized carbons (Fsp3) is 0.316. The quantitative estimate of drug-likeness (QED) is 0.828. The van der Waals surface area contributed by atoms with Gasteiger partial charge in [-0.2, -0.15) is 0 Å². The van der Waals surface area contributed by atoms with Crippen molar-refractivity contribution in [3.05, 3.63) is 59.2 Å². The van der Waals surface area contributed by atoms with E-state index in [1.807, 2.05) is 26.8 Å². The molecule has 0 radical (unpaired) electrons. The van der Waals surface area contributed by atoms with Gasteiger partial charge in [0, 0.05) is 17.8 Å². The fourth-order valence-corrected chi connectivity index (χ4v) is 3.68. The molecular formula is C19H24N2O3S. The molecule has 0 aliphatic carbocycles. The van der Waals surface area contributed by atoms with Gasteiger partial charge in [-0.25, -0.2) is 8.42 Å². The van der Waals surface area contributed by atoms with E-state index in [4.69, 9.17) is 0 Å². The van der Waals surface area contributed by atoms with Crippen LogP contribution in [-0.2, 0) is 10.0 Å². The minimum Gasteiger partial charge on any atom is -0.352 e. The first kappa shape index (κ1) is 19.0. The molecule has 0 aliphatic rings. The molecule has 0 saturated carbocycles. The number of sulfonamides is 1. The van der Waals surface area contributed by atoms with Crippen LogP contribution in [0, 0.1) is 19.8 Å². The van der Waals surface area contributed by atoms with Gasteiger partial charge in [0.1, 0.15) is 0 Å². The number of carbonyl (C=O) groups is 1. The Labute approximate surface area is 149 Å². The molecule has 2 aromatic carbocycles. The molecule has 0 heterocycles. The standard InChI is InChI=1S/C19H24N2O3S/c1-13(2)12-20-19(22)16-7-9-17(10-8-16)21-25(23,24)18-11-14(3)5-6-15(18)4/h5-11,13,21H,12H2,1-4H3,(H,20,22). The molecule has 1 amide bonds. The number of hydrogen-bond acceptors (Lipinski definition) is 3. The Bertz CT molecular complexity index is 857. The molecule has 0 bridgehead atoms. The summed E-state index contributed by atoms with van der Waals surface area (Å²) in [5.74, 6) is 0.199. The van der Waals surface area contributed by atoms with E-state index >= 15 is 0 Å². The van der Waals surface area contributed by atoms with Crippen LogP contribution in [0.1, 0.15) is 35.3 Å². The molecule has 0 spiro atoms. The van der Waals surface area contributed by atoms with Gasteiger partial charge in [0.25, 0.3) is 15.9 Å². The van der Waals surface area contributed by atoms with Crippen molar-refractivity contribution in [1.82, 2.24) is 5.32 Å². The zero-order valence-electron chi connectivity index (χ0n) is 15.0. The van der Waals surface area contributed by atoms with Crippen molar-refractivity contribution >= 4 is 21.6 Å². The third kappa shape index (κ3) is 5.06. The average Bonchev–Trinajstić information content (AvgIpc) is 2.55. The van der Waals surface area contributed by atoms with Crippen LogP contribution in [0.25, 0.3) is 0 Å². The molecule has 6 heteroatoms. The minimum absolute atomic E-state index is 0.169. The molecule has 0 atom stereocenters. The van der Waals surface area contributed by atoms with Crippen LogP contribution in [0.5, 0.6) is 0 Å². The van der Waals surface area contributed by atoms with Crippen molar-refractivity contribution in [2.75, 3.05) is 11.3 Å². The van der Waals surface area contributed by atoms with E-state index in [9.17, 15) is 13.2 Å². The van der Waals surface area contributed by atoms with Gasteiger partial charge < -0.3 is 5.32 Å². The molecule has 5 nitrogen and oxygen atoms in total. The highest BCUT2D eigenvalue weighted by molar-refractivity contribution is 7.92. The van der Waals surface area contributed by atoms with Gasteiger partial charge in [-0.15, -0.1) is 0 Å². The molecular weight excluding hydrogens is 336 g/mol. The topological polar surface area (TPSA) is 75.3 Å². The molecule has 0 aliphatic heterocycles. The van der Waals surface area contributed by atoms with Crippen LogP contribution >= 0.6 is 0 Å². The van der Waals surface area contributed by atoms with E-state index in [0.29, 0.717) is 29.3 Å². The van der Waals surface area contributed by atoms with E-state index < -0.39 is 10.0 Å². The smallest absolute Gasteiger partial charge is 0.262 e. The number of amides is 1. The SMILES string of the molecule is Cc1ccc(C)c(S(=O)(=O)Nc2ccc(C(=O)NCC(C)C)cc2)c1. The zero-order chi connectivity index (χ0) is 18.6. The summed E-state index contributed by atoms with van der Waals surface area (Å²) >= 11 is 0. The van der Waals surface area contributed by atoms with Gasteiger partial charge >= 0.3 is 0 Å². The first-order valence-electron chi connectivity index (χ1n) is 8.17. The highest BCUT2D eigenvalue weighted by Gasteiger charge is 2.17. The Morgan fingerprint density at radius 1 is 1.04 bits per heavy atom. The van der Waals surface area contributed by atoms with Crippen molar-refractivity contribution in [2.45, 2.75) is 32.6 Å². The summed E-state index contributed by atoms with van der Waals surface area (Å²) in [6.45, 7) is 8.25. The van der Waals surface area contributed by atoms with E-state index in [0.717, 1.165) is 5.56 Å². The van der Waals surface area contributed by atoms with E-state index in [2.05, 4.69) is 10.0 Å². The third-order valence-corrected chi connectivity index (χ3v) is 5.23. The van der Waals surface area contributed by atoms with E-state index in [1.54, 1.807) is 43.3 Å². The zero-order valence-corrected chi connectivity index (χ0v) is 15.8. The van der Waals surface area contributed by atoms with Crippen LogP contribution in [-0.4, -0.2) is 20.9 Å². The molecule has 0 fully saturated rings. The molecule has 2 rings (SSSR count). The Morgan fingerprint density at radius 3 is 2.28 bits per heavy atom. The summed E-state index contributed by atoms with van der Waals surface area (Å²) in [6, 6.07) is 11.7. The van der Waals surface area contributed by atoms with Crippen LogP contribution in [0.2, 0.25) is 0 Å². The van der Waals surface area contributed by atoms with Gasteiger partial charge in [-0.05, 0) is 61.2 Å². The van der Waals surface area contributed by atoms with Crippen molar-refractivity contribution < 1.29 is 13.2 Å². The number of carbonyl (C=O) groups excluding carboxylic acids is 1. The van der Waals surface area contributed by atoms with Crippen LogP contribution in [0.3, 0.4) is 0 Å². The lowest BCUT2D eigenvalue weighted by Gasteiger charge is -2.12. The Hall–Kier alpha value is -2.34. The molecule has 0 saturated heterocycles. The van der Waals surface area contributed by atoms with E-state index in [-0.39, 0.29) is 10.8 Å². The lowest BCUT2D eigenvalue weighted by molar-refractivity contribution is 0.0949. The maximum Gasteiger partial charge on any atom is 0.262 e. The maximum absolute atomic E-state index is 12.6. The highest BCUT2D eigenvalue weighted by atomic mass is 32.2. The highest BCUT2D eigenvalue weighted by Crippen LogP contribution is 2.21. The minimum atomic E-state index is -3.67. The third-order valence-electron chi connectivity index (χ3n) is 3.70. The summed E-state index contributed by atoms with van der Waals surface area (Å²) < 4.78 is 27.7. The van der Waals surface area contributed by atoms with Crippen molar-refractivity contribution in [2.24, 2.45) is 5.92 Å². The van der Waals surface area contributed by atoms with Crippen molar-refractivity contribution in [1.29, 1.82) is 0 Å². The summed E-state index contributed by atoms with van der Waals surface area (Å²) in [7, 11) is -3.67. The average molecular weight is 360 g/mol. The maximum atomic E-state index is 12.6. The molecule has 0 aromatic heterocycles. The first-order valence-corrected chi connectivity index (χ1v) is 9.65. The molecule has 2 N–H and O–H groups in total. The second kappa shape index (κ2) is 7.70.